The van der Waals surface area contributed by atoms with Crippen LogP contribution in [-0.2, 0) is 6.54 Å². The molecule has 4 heteroatoms. The predicted octanol–water partition coefficient (Wildman–Crippen LogP) is 1.28. The molecule has 0 saturated heterocycles. The van der Waals surface area contributed by atoms with Crippen LogP contribution in [0, 0.1) is 5.92 Å². The van der Waals surface area contributed by atoms with Gasteiger partial charge in [0.1, 0.15) is 0 Å². The van der Waals surface area contributed by atoms with E-state index in [9.17, 15) is 9.90 Å². The van der Waals surface area contributed by atoms with E-state index < -0.39 is 11.5 Å². The number of aliphatic hydroxyl groups is 1. The number of hydrogen-bond acceptors (Lipinski definition) is 3. The Morgan fingerprint density at radius 2 is 2.17 bits per heavy atom. The van der Waals surface area contributed by atoms with Crippen molar-refractivity contribution in [1.82, 2.24) is 5.32 Å². The highest BCUT2D eigenvalue weighted by molar-refractivity contribution is 5.92. The average Bonchev–Trinajstić information content (AvgIpc) is 2.29. The largest absolute Gasteiger partial charge is 0.389 e. The third kappa shape index (κ3) is 4.13. The number of nitrogens with one attached hydrogen (secondary N) is 1. The van der Waals surface area contributed by atoms with E-state index in [2.05, 4.69) is 5.32 Å². The molecule has 0 bridgehead atoms. The van der Waals surface area contributed by atoms with Crippen molar-refractivity contribution in [1.29, 1.82) is 0 Å². The van der Waals surface area contributed by atoms with Crippen molar-refractivity contribution in [2.75, 3.05) is 6.54 Å². The van der Waals surface area contributed by atoms with Crippen LogP contribution in [0.2, 0.25) is 0 Å². The van der Waals surface area contributed by atoms with Crippen LogP contribution in [0.4, 0.5) is 0 Å². The minimum atomic E-state index is -0.735. The lowest BCUT2D eigenvalue weighted by Crippen LogP contribution is -2.41. The Bertz CT molecular complexity index is 414. The molecule has 0 aromatic heterocycles. The maximum absolute atomic E-state index is 11.0. The van der Waals surface area contributed by atoms with Crippen molar-refractivity contribution in [3.05, 3.63) is 35.4 Å². The molecule has 1 aromatic carbocycles. The van der Waals surface area contributed by atoms with Gasteiger partial charge in [0.2, 0.25) is 5.91 Å². The molecule has 0 heterocycles. The SMILES string of the molecule is CC(C)C(C)(O)CNCc1cccc(C(N)=O)c1. The van der Waals surface area contributed by atoms with Crippen LogP contribution in [0.15, 0.2) is 24.3 Å². The molecule has 0 saturated carbocycles. The Kier molecular flexibility index (Phi) is 4.87. The van der Waals surface area contributed by atoms with Gasteiger partial charge in [-0.05, 0) is 30.5 Å². The first-order valence-electron chi connectivity index (χ1n) is 6.15. The zero-order valence-corrected chi connectivity index (χ0v) is 11.2. The van der Waals surface area contributed by atoms with Crippen molar-refractivity contribution < 1.29 is 9.90 Å². The van der Waals surface area contributed by atoms with E-state index in [0.717, 1.165) is 5.56 Å². The Morgan fingerprint density at radius 1 is 1.50 bits per heavy atom. The van der Waals surface area contributed by atoms with E-state index in [4.69, 9.17) is 5.73 Å². The van der Waals surface area contributed by atoms with Crippen LogP contribution in [0.25, 0.3) is 0 Å². The first kappa shape index (κ1) is 14.7. The van der Waals surface area contributed by atoms with Gasteiger partial charge in [0.15, 0.2) is 0 Å². The normalized spacial score (nSPS) is 14.5. The number of carbonyl (C=O) groups is 1. The summed E-state index contributed by atoms with van der Waals surface area (Å²) in [4.78, 5) is 11.0. The Hall–Kier alpha value is -1.39. The zero-order chi connectivity index (χ0) is 13.8. The van der Waals surface area contributed by atoms with Crippen molar-refractivity contribution >= 4 is 5.91 Å². The summed E-state index contributed by atoms with van der Waals surface area (Å²) in [5.41, 5.74) is 5.97. The average molecular weight is 250 g/mol. The van der Waals surface area contributed by atoms with E-state index in [1.807, 2.05) is 26.8 Å². The molecular weight excluding hydrogens is 228 g/mol. The van der Waals surface area contributed by atoms with Crippen molar-refractivity contribution in [2.45, 2.75) is 32.9 Å². The summed E-state index contributed by atoms with van der Waals surface area (Å²) in [6.07, 6.45) is 0. The quantitative estimate of drug-likeness (QED) is 0.712. The summed E-state index contributed by atoms with van der Waals surface area (Å²) in [7, 11) is 0. The van der Waals surface area contributed by atoms with Crippen LogP contribution < -0.4 is 11.1 Å². The molecule has 0 radical (unpaired) electrons. The molecular formula is C14H22N2O2. The van der Waals surface area contributed by atoms with Gasteiger partial charge >= 0.3 is 0 Å². The van der Waals surface area contributed by atoms with Gasteiger partial charge in [0, 0.05) is 18.7 Å². The molecule has 0 fully saturated rings. The van der Waals surface area contributed by atoms with E-state index in [1.54, 1.807) is 18.2 Å². The molecule has 4 nitrogen and oxygen atoms in total. The Morgan fingerprint density at radius 3 is 2.72 bits per heavy atom. The number of carbonyl (C=O) groups excluding carboxylic acids is 1. The lowest BCUT2D eigenvalue weighted by Gasteiger charge is -2.28. The molecule has 100 valence electrons. The highest BCUT2D eigenvalue weighted by Gasteiger charge is 2.23. The molecule has 4 N–H and O–H groups in total. The lowest BCUT2D eigenvalue weighted by molar-refractivity contribution is 0.0140. The third-order valence-corrected chi connectivity index (χ3v) is 3.27. The fourth-order valence-electron chi connectivity index (χ4n) is 1.50. The predicted molar refractivity (Wildman–Crippen MR) is 72.1 cm³/mol. The molecule has 1 unspecified atom stereocenters. The number of hydrogen-bond donors (Lipinski definition) is 3. The van der Waals surface area contributed by atoms with Gasteiger partial charge in [-0.2, -0.15) is 0 Å². The van der Waals surface area contributed by atoms with E-state index in [1.165, 1.54) is 0 Å². The topological polar surface area (TPSA) is 75.3 Å². The van der Waals surface area contributed by atoms with Crippen LogP contribution >= 0.6 is 0 Å². The molecule has 1 atom stereocenters. The smallest absolute Gasteiger partial charge is 0.248 e. The molecule has 0 aliphatic heterocycles. The first-order chi connectivity index (χ1) is 8.33. The van der Waals surface area contributed by atoms with E-state index >= 15 is 0 Å². The molecule has 0 aliphatic rings. The highest BCUT2D eigenvalue weighted by atomic mass is 16.3. The van der Waals surface area contributed by atoms with Gasteiger partial charge in [0.25, 0.3) is 0 Å². The van der Waals surface area contributed by atoms with Crippen molar-refractivity contribution in [2.24, 2.45) is 11.7 Å². The molecule has 1 aromatic rings. The maximum atomic E-state index is 11.0. The van der Waals surface area contributed by atoms with Crippen LogP contribution in [0.5, 0.6) is 0 Å². The van der Waals surface area contributed by atoms with E-state index in [0.29, 0.717) is 18.7 Å². The summed E-state index contributed by atoms with van der Waals surface area (Å²) in [6, 6.07) is 7.18. The van der Waals surface area contributed by atoms with Crippen LogP contribution in [0.3, 0.4) is 0 Å². The summed E-state index contributed by atoms with van der Waals surface area (Å²) in [5.74, 6) is -0.243. The van der Waals surface area contributed by atoms with E-state index in [-0.39, 0.29) is 5.92 Å². The summed E-state index contributed by atoms with van der Waals surface area (Å²) in [5, 5.41) is 13.3. The summed E-state index contributed by atoms with van der Waals surface area (Å²) >= 11 is 0. The molecule has 1 rings (SSSR count). The van der Waals surface area contributed by atoms with Gasteiger partial charge in [-0.25, -0.2) is 0 Å². The summed E-state index contributed by atoms with van der Waals surface area (Å²) < 4.78 is 0. The number of nitrogens with two attached hydrogens (primary N) is 1. The molecule has 0 aliphatic carbocycles. The Labute approximate surface area is 108 Å². The first-order valence-corrected chi connectivity index (χ1v) is 6.15. The number of benzene rings is 1. The third-order valence-electron chi connectivity index (χ3n) is 3.27. The van der Waals surface area contributed by atoms with Crippen molar-refractivity contribution in [3.8, 4) is 0 Å². The molecule has 0 spiro atoms. The van der Waals surface area contributed by atoms with Crippen LogP contribution in [-0.4, -0.2) is 23.2 Å². The minimum absolute atomic E-state index is 0.182. The Balaban J connectivity index is 2.54. The fourth-order valence-corrected chi connectivity index (χ4v) is 1.50. The second kappa shape index (κ2) is 5.98. The van der Waals surface area contributed by atoms with Gasteiger partial charge in [-0.3, -0.25) is 4.79 Å². The van der Waals surface area contributed by atoms with Crippen LogP contribution in [0.1, 0.15) is 36.7 Å². The number of primary amides is 1. The lowest BCUT2D eigenvalue weighted by atomic mass is 9.92. The minimum Gasteiger partial charge on any atom is -0.389 e. The summed E-state index contributed by atoms with van der Waals surface area (Å²) in [6.45, 7) is 6.88. The van der Waals surface area contributed by atoms with Gasteiger partial charge < -0.3 is 16.2 Å². The molecule has 18 heavy (non-hydrogen) atoms. The zero-order valence-electron chi connectivity index (χ0n) is 11.2. The van der Waals surface area contributed by atoms with Crippen molar-refractivity contribution in [3.63, 3.8) is 0 Å². The molecule has 1 amide bonds. The monoisotopic (exact) mass is 250 g/mol. The second-order valence-corrected chi connectivity index (χ2v) is 5.18. The fraction of sp³-hybridized carbons (Fsp3) is 0.500. The van der Waals surface area contributed by atoms with Gasteiger partial charge in [-0.1, -0.05) is 26.0 Å². The standard InChI is InChI=1S/C14H22N2O2/c1-10(2)14(3,18)9-16-8-11-5-4-6-12(7-11)13(15)17/h4-7,10,16,18H,8-9H2,1-3H3,(H2,15,17). The van der Waals surface area contributed by atoms with Gasteiger partial charge in [-0.15, -0.1) is 0 Å². The second-order valence-electron chi connectivity index (χ2n) is 5.18. The number of amides is 1. The highest BCUT2D eigenvalue weighted by Crippen LogP contribution is 2.14. The van der Waals surface area contributed by atoms with Gasteiger partial charge in [0.05, 0.1) is 5.60 Å². The number of rotatable bonds is 6. The maximum Gasteiger partial charge on any atom is 0.248 e.